The first-order chi connectivity index (χ1) is 16.0. The fourth-order valence-electron chi connectivity index (χ4n) is 4.12. The van der Waals surface area contributed by atoms with Gasteiger partial charge < -0.3 is 23.8 Å². The number of halogens is 1. The lowest BCUT2D eigenvalue weighted by Crippen LogP contribution is -2.42. The number of amides is 1. The van der Waals surface area contributed by atoms with Crippen LogP contribution in [0, 0.1) is 5.82 Å². The minimum Gasteiger partial charge on any atom is -0.493 e. The van der Waals surface area contributed by atoms with E-state index in [-0.39, 0.29) is 18.3 Å². The summed E-state index contributed by atoms with van der Waals surface area (Å²) in [5.41, 5.74) is 2.40. The van der Waals surface area contributed by atoms with Gasteiger partial charge in [-0.25, -0.2) is 4.39 Å². The highest BCUT2D eigenvalue weighted by Crippen LogP contribution is 2.39. The van der Waals surface area contributed by atoms with Crippen molar-refractivity contribution in [3.8, 4) is 23.0 Å². The van der Waals surface area contributed by atoms with Crippen LogP contribution in [0.15, 0.2) is 60.7 Å². The molecule has 3 aromatic rings. The Balaban J connectivity index is 1.71. The summed E-state index contributed by atoms with van der Waals surface area (Å²) in [6, 6.07) is 16.4. The quantitative estimate of drug-likeness (QED) is 0.523. The Morgan fingerprint density at radius 1 is 0.909 bits per heavy atom. The average molecular weight is 451 g/mol. The van der Waals surface area contributed by atoms with Crippen molar-refractivity contribution in [3.05, 3.63) is 83.2 Å². The summed E-state index contributed by atoms with van der Waals surface area (Å²) in [6.07, 6.45) is 0.647. The Labute approximate surface area is 192 Å². The van der Waals surface area contributed by atoms with Gasteiger partial charge in [0.05, 0.1) is 27.4 Å². The van der Waals surface area contributed by atoms with Gasteiger partial charge in [-0.1, -0.05) is 12.1 Å². The lowest BCUT2D eigenvalue weighted by molar-refractivity contribution is 0.0587. The van der Waals surface area contributed by atoms with Gasteiger partial charge in [0.25, 0.3) is 5.91 Å². The molecule has 0 aliphatic carbocycles. The molecule has 1 aliphatic heterocycles. The second-order valence-corrected chi connectivity index (χ2v) is 7.64. The van der Waals surface area contributed by atoms with Crippen LogP contribution in [0.2, 0.25) is 0 Å². The zero-order valence-corrected chi connectivity index (χ0v) is 18.8. The molecule has 3 aromatic carbocycles. The Bertz CT molecular complexity index is 1130. The lowest BCUT2D eigenvalue weighted by atomic mass is 9.91. The largest absolute Gasteiger partial charge is 0.493 e. The molecule has 0 spiro atoms. The molecule has 4 rings (SSSR count). The number of carbonyl (C=O) groups excluding carboxylic acids is 1. The molecular formula is C26H26FNO5. The second kappa shape index (κ2) is 9.81. The maximum Gasteiger partial charge on any atom is 0.254 e. The molecule has 0 saturated carbocycles. The summed E-state index contributed by atoms with van der Waals surface area (Å²) in [5, 5.41) is 0. The van der Waals surface area contributed by atoms with Gasteiger partial charge in [0.1, 0.15) is 12.4 Å². The molecule has 7 heteroatoms. The molecular weight excluding hydrogens is 425 g/mol. The number of benzene rings is 3. The van der Waals surface area contributed by atoms with Crippen molar-refractivity contribution < 1.29 is 28.1 Å². The monoisotopic (exact) mass is 451 g/mol. The van der Waals surface area contributed by atoms with Crippen molar-refractivity contribution >= 4 is 5.91 Å². The summed E-state index contributed by atoms with van der Waals surface area (Å²) in [6.45, 7) is 0.689. The van der Waals surface area contributed by atoms with Crippen molar-refractivity contribution in [2.24, 2.45) is 0 Å². The van der Waals surface area contributed by atoms with Gasteiger partial charge in [0.15, 0.2) is 23.0 Å². The summed E-state index contributed by atoms with van der Waals surface area (Å²) < 4.78 is 35.9. The maximum absolute atomic E-state index is 13.4. The molecule has 1 aliphatic rings. The third-order valence-electron chi connectivity index (χ3n) is 5.82. The zero-order valence-electron chi connectivity index (χ0n) is 18.8. The number of rotatable bonds is 7. The van der Waals surface area contributed by atoms with Crippen LogP contribution < -0.4 is 18.9 Å². The van der Waals surface area contributed by atoms with E-state index in [0.717, 1.165) is 11.1 Å². The maximum atomic E-state index is 13.4. The third kappa shape index (κ3) is 4.58. The molecule has 1 amide bonds. The van der Waals surface area contributed by atoms with Crippen LogP contribution >= 0.6 is 0 Å². The molecule has 0 fully saturated rings. The number of carbonyl (C=O) groups is 1. The van der Waals surface area contributed by atoms with Crippen LogP contribution in [-0.4, -0.2) is 45.3 Å². The van der Waals surface area contributed by atoms with Crippen molar-refractivity contribution in [1.82, 2.24) is 4.90 Å². The van der Waals surface area contributed by atoms with Crippen molar-refractivity contribution in [3.63, 3.8) is 0 Å². The number of nitrogens with zero attached hydrogens (tertiary/aromatic N) is 1. The number of fused-ring (bicyclic) bond motifs is 1. The molecule has 0 saturated heterocycles. The van der Waals surface area contributed by atoms with Crippen LogP contribution in [0.5, 0.6) is 23.0 Å². The Kier molecular flexibility index (Phi) is 6.68. The third-order valence-corrected chi connectivity index (χ3v) is 5.82. The minimum absolute atomic E-state index is 0.191. The highest BCUT2D eigenvalue weighted by Gasteiger charge is 2.33. The van der Waals surface area contributed by atoms with Gasteiger partial charge in [-0.2, -0.15) is 0 Å². The average Bonchev–Trinajstić information content (AvgIpc) is 2.86. The van der Waals surface area contributed by atoms with Gasteiger partial charge in [-0.3, -0.25) is 4.79 Å². The topological polar surface area (TPSA) is 57.2 Å². The van der Waals surface area contributed by atoms with Gasteiger partial charge in [-0.05, 0) is 66.1 Å². The van der Waals surface area contributed by atoms with Crippen LogP contribution in [-0.2, 0) is 6.42 Å². The number of ether oxygens (including phenoxy) is 4. The number of hydrogen-bond acceptors (Lipinski definition) is 5. The molecule has 0 radical (unpaired) electrons. The molecule has 1 heterocycles. The Hall–Kier alpha value is -3.74. The molecule has 1 atom stereocenters. The fourth-order valence-corrected chi connectivity index (χ4v) is 4.12. The normalized spacial score (nSPS) is 14.9. The van der Waals surface area contributed by atoms with Gasteiger partial charge in [0.2, 0.25) is 0 Å². The zero-order chi connectivity index (χ0) is 23.4. The van der Waals surface area contributed by atoms with Crippen molar-refractivity contribution in [2.45, 2.75) is 12.5 Å². The van der Waals surface area contributed by atoms with E-state index in [1.807, 2.05) is 36.4 Å². The molecule has 0 N–H and O–H groups in total. The second-order valence-electron chi connectivity index (χ2n) is 7.64. The lowest BCUT2D eigenvalue weighted by Gasteiger charge is -2.37. The van der Waals surface area contributed by atoms with E-state index >= 15 is 0 Å². The summed E-state index contributed by atoms with van der Waals surface area (Å²) in [7, 11) is 4.76. The Morgan fingerprint density at radius 2 is 1.55 bits per heavy atom. The standard InChI is InChI=1S/C26H26FNO5/c1-30-22-6-4-5-7-23(22)33-16-21-20-15-25(32-3)24(31-2)14-18(20)12-13-28(21)26(29)17-8-10-19(27)11-9-17/h4-11,14-15,21H,12-13,16H2,1-3H3/t21-/m1/s1. The van der Waals surface area contributed by atoms with Crippen LogP contribution in [0.1, 0.15) is 27.5 Å². The van der Waals surface area contributed by atoms with Crippen LogP contribution in [0.3, 0.4) is 0 Å². The fraction of sp³-hybridized carbons (Fsp3) is 0.269. The van der Waals surface area contributed by atoms with E-state index in [9.17, 15) is 9.18 Å². The molecule has 172 valence electrons. The number of hydrogen-bond donors (Lipinski definition) is 0. The predicted octanol–water partition coefficient (Wildman–Crippen LogP) is 4.67. The van der Waals surface area contributed by atoms with E-state index in [0.29, 0.717) is 41.5 Å². The van der Waals surface area contributed by atoms with E-state index in [1.165, 1.54) is 24.3 Å². The van der Waals surface area contributed by atoms with Crippen molar-refractivity contribution in [2.75, 3.05) is 34.5 Å². The first-order valence-corrected chi connectivity index (χ1v) is 10.6. The highest BCUT2D eigenvalue weighted by atomic mass is 19.1. The van der Waals surface area contributed by atoms with Gasteiger partial charge in [0, 0.05) is 12.1 Å². The van der Waals surface area contributed by atoms with E-state index < -0.39 is 6.04 Å². The van der Waals surface area contributed by atoms with Gasteiger partial charge >= 0.3 is 0 Å². The summed E-state index contributed by atoms with van der Waals surface area (Å²) in [5.74, 6) is 1.83. The van der Waals surface area contributed by atoms with Crippen LogP contribution in [0.4, 0.5) is 4.39 Å². The highest BCUT2D eigenvalue weighted by molar-refractivity contribution is 5.94. The number of para-hydroxylation sites is 2. The van der Waals surface area contributed by atoms with E-state index in [2.05, 4.69) is 0 Å². The molecule has 6 nitrogen and oxygen atoms in total. The molecule has 33 heavy (non-hydrogen) atoms. The SMILES string of the molecule is COc1cc2c(cc1OC)[C@@H](COc1ccccc1OC)N(C(=O)c1ccc(F)cc1)CC2. The first-order valence-electron chi connectivity index (χ1n) is 10.6. The first kappa shape index (κ1) is 22.5. The smallest absolute Gasteiger partial charge is 0.254 e. The minimum atomic E-state index is -0.393. The summed E-state index contributed by atoms with van der Waals surface area (Å²) in [4.78, 5) is 15.2. The van der Waals surface area contributed by atoms with Crippen molar-refractivity contribution in [1.29, 1.82) is 0 Å². The molecule has 0 unspecified atom stereocenters. The molecule has 0 bridgehead atoms. The molecule has 0 aromatic heterocycles. The van der Waals surface area contributed by atoms with Crippen LogP contribution in [0.25, 0.3) is 0 Å². The van der Waals surface area contributed by atoms with Gasteiger partial charge in [-0.15, -0.1) is 0 Å². The Morgan fingerprint density at radius 3 is 2.21 bits per heavy atom. The number of methoxy groups -OCH3 is 3. The van der Waals surface area contributed by atoms with E-state index in [4.69, 9.17) is 18.9 Å². The predicted molar refractivity (Wildman–Crippen MR) is 122 cm³/mol. The van der Waals surface area contributed by atoms with E-state index in [1.54, 1.807) is 26.2 Å². The summed E-state index contributed by atoms with van der Waals surface area (Å²) >= 11 is 0.